The first-order chi connectivity index (χ1) is 12.5. The summed E-state index contributed by atoms with van der Waals surface area (Å²) in [5.74, 6) is -2.83. The SMILES string of the molecule is Fc1ccc(CNCC2CCc3ccccc3O2)cc1.O=C(O)C(=O)O. The smallest absolute Gasteiger partial charge is 0.414 e. The van der Waals surface area contributed by atoms with Gasteiger partial charge >= 0.3 is 11.9 Å². The van der Waals surface area contributed by atoms with Gasteiger partial charge in [0, 0.05) is 13.1 Å². The molecule has 0 spiro atoms. The van der Waals surface area contributed by atoms with Gasteiger partial charge < -0.3 is 20.3 Å². The van der Waals surface area contributed by atoms with Crippen molar-refractivity contribution < 1.29 is 28.9 Å². The van der Waals surface area contributed by atoms with Crippen LogP contribution in [-0.4, -0.2) is 34.8 Å². The molecule has 26 heavy (non-hydrogen) atoms. The number of carbonyl (C=O) groups is 2. The first-order valence-electron chi connectivity index (χ1n) is 8.11. The highest BCUT2D eigenvalue weighted by atomic mass is 19.1. The van der Waals surface area contributed by atoms with Crippen molar-refractivity contribution in [1.29, 1.82) is 0 Å². The van der Waals surface area contributed by atoms with Crippen molar-refractivity contribution in [2.24, 2.45) is 0 Å². The normalized spacial score (nSPS) is 15.0. The summed E-state index contributed by atoms with van der Waals surface area (Å²) in [7, 11) is 0. The van der Waals surface area contributed by atoms with Crippen molar-refractivity contribution >= 4 is 11.9 Å². The zero-order chi connectivity index (χ0) is 18.9. The number of fused-ring (bicyclic) bond motifs is 1. The van der Waals surface area contributed by atoms with E-state index in [-0.39, 0.29) is 11.9 Å². The Labute approximate surface area is 150 Å². The average Bonchev–Trinajstić information content (AvgIpc) is 2.64. The van der Waals surface area contributed by atoms with Gasteiger partial charge in [-0.05, 0) is 42.2 Å². The van der Waals surface area contributed by atoms with Crippen LogP contribution in [0.4, 0.5) is 4.39 Å². The van der Waals surface area contributed by atoms with Gasteiger partial charge in [0.2, 0.25) is 0 Å². The van der Waals surface area contributed by atoms with Crippen LogP contribution in [0.15, 0.2) is 48.5 Å². The predicted octanol–water partition coefficient (Wildman–Crippen LogP) is 2.46. The van der Waals surface area contributed by atoms with Crippen molar-refractivity contribution in [2.75, 3.05) is 6.54 Å². The number of nitrogens with one attached hydrogen (secondary N) is 1. The van der Waals surface area contributed by atoms with Gasteiger partial charge in [0.05, 0.1) is 0 Å². The molecule has 138 valence electrons. The zero-order valence-electron chi connectivity index (χ0n) is 14.0. The fraction of sp³-hybridized carbons (Fsp3) is 0.263. The maximum absolute atomic E-state index is 12.8. The van der Waals surface area contributed by atoms with Crippen LogP contribution < -0.4 is 10.1 Å². The van der Waals surface area contributed by atoms with Gasteiger partial charge in [-0.1, -0.05) is 30.3 Å². The topological polar surface area (TPSA) is 95.9 Å². The molecule has 1 heterocycles. The molecule has 2 aromatic carbocycles. The second-order valence-corrected chi connectivity index (χ2v) is 5.75. The van der Waals surface area contributed by atoms with Crippen LogP contribution in [0.5, 0.6) is 5.75 Å². The third-order valence-corrected chi connectivity index (χ3v) is 3.80. The number of rotatable bonds is 4. The summed E-state index contributed by atoms with van der Waals surface area (Å²) in [5.41, 5.74) is 2.38. The Morgan fingerprint density at radius 1 is 1.08 bits per heavy atom. The number of para-hydroxylation sites is 1. The second-order valence-electron chi connectivity index (χ2n) is 5.75. The first-order valence-corrected chi connectivity index (χ1v) is 8.11. The number of aliphatic carboxylic acids is 2. The molecule has 6 nitrogen and oxygen atoms in total. The quantitative estimate of drug-likeness (QED) is 0.724. The van der Waals surface area contributed by atoms with Gasteiger partial charge in [0.25, 0.3) is 0 Å². The van der Waals surface area contributed by atoms with Crippen LogP contribution in [-0.2, 0) is 22.6 Å². The molecule has 3 rings (SSSR count). The minimum Gasteiger partial charge on any atom is -0.489 e. The third-order valence-electron chi connectivity index (χ3n) is 3.80. The molecule has 1 unspecified atom stereocenters. The number of ether oxygens (including phenoxy) is 1. The highest BCUT2D eigenvalue weighted by Gasteiger charge is 2.18. The van der Waals surface area contributed by atoms with Crippen molar-refractivity contribution in [1.82, 2.24) is 5.32 Å². The number of benzene rings is 2. The van der Waals surface area contributed by atoms with E-state index >= 15 is 0 Å². The van der Waals surface area contributed by atoms with Gasteiger partial charge in [-0.2, -0.15) is 0 Å². The van der Waals surface area contributed by atoms with E-state index < -0.39 is 11.9 Å². The molecule has 2 aromatic rings. The van der Waals surface area contributed by atoms with Crippen molar-refractivity contribution in [3.63, 3.8) is 0 Å². The largest absolute Gasteiger partial charge is 0.489 e. The molecule has 0 aliphatic carbocycles. The maximum atomic E-state index is 12.8. The van der Waals surface area contributed by atoms with Crippen LogP contribution in [0.25, 0.3) is 0 Å². The summed E-state index contributed by atoms with van der Waals surface area (Å²) in [6.07, 6.45) is 2.32. The molecule has 0 radical (unpaired) electrons. The van der Waals surface area contributed by atoms with Crippen LogP contribution >= 0.6 is 0 Å². The summed E-state index contributed by atoms with van der Waals surface area (Å²) in [6.45, 7) is 1.55. The molecular weight excluding hydrogens is 341 g/mol. The van der Waals surface area contributed by atoms with E-state index in [0.717, 1.165) is 37.2 Å². The van der Waals surface area contributed by atoms with E-state index in [1.807, 2.05) is 12.1 Å². The van der Waals surface area contributed by atoms with E-state index in [9.17, 15) is 4.39 Å². The number of aryl methyl sites for hydroxylation is 1. The number of carboxylic acid groups (broad SMARTS) is 2. The second kappa shape index (κ2) is 9.53. The van der Waals surface area contributed by atoms with Crippen molar-refractivity contribution in [3.05, 3.63) is 65.5 Å². The Kier molecular flexibility index (Phi) is 7.11. The Morgan fingerprint density at radius 2 is 1.73 bits per heavy atom. The summed E-state index contributed by atoms with van der Waals surface area (Å²) >= 11 is 0. The van der Waals surface area contributed by atoms with Crippen molar-refractivity contribution in [2.45, 2.75) is 25.5 Å². The molecule has 0 amide bonds. The monoisotopic (exact) mass is 361 g/mol. The molecule has 0 fully saturated rings. The molecule has 7 heteroatoms. The number of halogens is 1. The molecule has 0 saturated carbocycles. The molecule has 0 saturated heterocycles. The maximum Gasteiger partial charge on any atom is 0.414 e. The molecule has 0 aromatic heterocycles. The van der Waals surface area contributed by atoms with Crippen molar-refractivity contribution in [3.8, 4) is 5.75 Å². The van der Waals surface area contributed by atoms with E-state index in [2.05, 4.69) is 17.4 Å². The summed E-state index contributed by atoms with van der Waals surface area (Å²) in [5, 5.41) is 18.2. The highest BCUT2D eigenvalue weighted by Crippen LogP contribution is 2.26. The lowest BCUT2D eigenvalue weighted by atomic mass is 10.0. The molecular formula is C19H20FNO5. The zero-order valence-corrected chi connectivity index (χ0v) is 14.0. The first kappa shape index (κ1) is 19.4. The van der Waals surface area contributed by atoms with Gasteiger partial charge in [-0.15, -0.1) is 0 Å². The Hall–Kier alpha value is -2.93. The number of hydrogen-bond acceptors (Lipinski definition) is 4. The highest BCUT2D eigenvalue weighted by molar-refractivity contribution is 6.27. The fourth-order valence-electron chi connectivity index (χ4n) is 2.50. The lowest BCUT2D eigenvalue weighted by Gasteiger charge is -2.26. The van der Waals surface area contributed by atoms with Crippen LogP contribution in [0.3, 0.4) is 0 Å². The fourth-order valence-corrected chi connectivity index (χ4v) is 2.50. The van der Waals surface area contributed by atoms with Gasteiger partial charge in [0.15, 0.2) is 0 Å². The molecule has 1 aliphatic heterocycles. The van der Waals surface area contributed by atoms with Gasteiger partial charge in [-0.25, -0.2) is 14.0 Å². The minimum atomic E-state index is -1.82. The molecule has 1 aliphatic rings. The van der Waals surface area contributed by atoms with E-state index in [4.69, 9.17) is 24.5 Å². The predicted molar refractivity (Wildman–Crippen MR) is 92.6 cm³/mol. The average molecular weight is 361 g/mol. The number of hydrogen-bond donors (Lipinski definition) is 3. The van der Waals surface area contributed by atoms with E-state index in [0.29, 0.717) is 0 Å². The van der Waals surface area contributed by atoms with E-state index in [1.54, 1.807) is 12.1 Å². The number of carboxylic acids is 2. The molecule has 3 N–H and O–H groups in total. The molecule has 1 atom stereocenters. The third kappa shape index (κ3) is 6.18. The summed E-state index contributed by atoms with van der Waals surface area (Å²) < 4.78 is 18.8. The molecule has 0 bridgehead atoms. The Morgan fingerprint density at radius 3 is 2.38 bits per heavy atom. The Bertz CT molecular complexity index is 736. The van der Waals surface area contributed by atoms with E-state index in [1.165, 1.54) is 17.7 Å². The lowest BCUT2D eigenvalue weighted by Crippen LogP contribution is -2.33. The standard InChI is InChI=1S/C17H18FNO.C2H2O4/c18-15-8-5-13(6-9-15)11-19-12-16-10-7-14-3-1-2-4-17(14)20-16;3-1(4)2(5)6/h1-6,8-9,16,19H,7,10-12H2;(H,3,4)(H,5,6). The lowest BCUT2D eigenvalue weighted by molar-refractivity contribution is -0.159. The van der Waals surface area contributed by atoms with Crippen LogP contribution in [0, 0.1) is 5.82 Å². The van der Waals surface area contributed by atoms with Gasteiger partial charge in [-0.3, -0.25) is 0 Å². The van der Waals surface area contributed by atoms with Crippen LogP contribution in [0.2, 0.25) is 0 Å². The summed E-state index contributed by atoms with van der Waals surface area (Å²) in [6, 6.07) is 14.8. The minimum absolute atomic E-state index is 0.194. The van der Waals surface area contributed by atoms with Gasteiger partial charge in [0.1, 0.15) is 17.7 Å². The van der Waals surface area contributed by atoms with Crippen LogP contribution in [0.1, 0.15) is 17.5 Å². The Balaban J connectivity index is 0.000000352. The summed E-state index contributed by atoms with van der Waals surface area (Å²) in [4.78, 5) is 18.2.